The number of nitrogens with two attached hydrogens (primary N) is 1. The van der Waals surface area contributed by atoms with Crippen LogP contribution in [-0.2, 0) is 11.3 Å². The average Bonchev–Trinajstić information content (AvgIpc) is 2.64. The fourth-order valence-corrected chi connectivity index (χ4v) is 2.41. The van der Waals surface area contributed by atoms with Crippen molar-refractivity contribution in [3.8, 4) is 0 Å². The van der Waals surface area contributed by atoms with Gasteiger partial charge in [0, 0.05) is 5.56 Å². The number of halogens is 2. The van der Waals surface area contributed by atoms with Crippen molar-refractivity contribution in [3.05, 3.63) is 65.2 Å². The Morgan fingerprint density at radius 3 is 2.60 bits per heavy atom. The predicted molar refractivity (Wildman–Crippen MR) is 70.9 cm³/mol. The molecule has 20 heavy (non-hydrogen) atoms. The number of fused-ring (bicyclic) bond motifs is 1. The Kier molecular flexibility index (Phi) is 2.99. The van der Waals surface area contributed by atoms with E-state index in [1.165, 1.54) is 35.2 Å². The van der Waals surface area contributed by atoms with Gasteiger partial charge in [0.1, 0.15) is 17.7 Å². The van der Waals surface area contributed by atoms with Crippen LogP contribution in [0.15, 0.2) is 42.5 Å². The van der Waals surface area contributed by atoms with Gasteiger partial charge in [-0.15, -0.1) is 0 Å². The van der Waals surface area contributed by atoms with Gasteiger partial charge < -0.3 is 10.6 Å². The molecule has 0 saturated heterocycles. The average molecular weight is 274 g/mol. The summed E-state index contributed by atoms with van der Waals surface area (Å²) >= 11 is 0. The van der Waals surface area contributed by atoms with Gasteiger partial charge in [-0.2, -0.15) is 0 Å². The lowest BCUT2D eigenvalue weighted by Crippen LogP contribution is -2.31. The Morgan fingerprint density at radius 1 is 1.10 bits per heavy atom. The summed E-state index contributed by atoms with van der Waals surface area (Å²) in [7, 11) is 0. The quantitative estimate of drug-likeness (QED) is 0.914. The second kappa shape index (κ2) is 4.68. The second-order valence-corrected chi connectivity index (χ2v) is 4.74. The third-order valence-electron chi connectivity index (χ3n) is 3.38. The number of benzene rings is 2. The first-order chi connectivity index (χ1) is 9.56. The van der Waals surface area contributed by atoms with E-state index in [4.69, 9.17) is 5.73 Å². The van der Waals surface area contributed by atoms with Crippen LogP contribution in [-0.4, -0.2) is 5.91 Å². The highest BCUT2D eigenvalue weighted by Crippen LogP contribution is 2.36. The van der Waals surface area contributed by atoms with Crippen molar-refractivity contribution in [2.24, 2.45) is 5.73 Å². The summed E-state index contributed by atoms with van der Waals surface area (Å²) in [5.74, 6) is -1.12. The first-order valence-electron chi connectivity index (χ1n) is 6.17. The van der Waals surface area contributed by atoms with E-state index < -0.39 is 11.9 Å². The Bertz CT molecular complexity index is 687. The number of anilines is 1. The molecule has 5 heteroatoms. The van der Waals surface area contributed by atoms with Crippen molar-refractivity contribution in [3.63, 3.8) is 0 Å². The predicted octanol–water partition coefficient (Wildman–Crippen LogP) is 2.51. The van der Waals surface area contributed by atoms with E-state index in [-0.39, 0.29) is 18.3 Å². The first-order valence-corrected chi connectivity index (χ1v) is 6.17. The maximum Gasteiger partial charge on any atom is 0.248 e. The molecule has 1 atom stereocenters. The zero-order valence-electron chi connectivity index (χ0n) is 10.5. The van der Waals surface area contributed by atoms with Crippen molar-refractivity contribution in [1.82, 2.24) is 0 Å². The highest BCUT2D eigenvalue weighted by Gasteiger charge is 2.34. The Hall–Kier alpha value is -2.27. The van der Waals surface area contributed by atoms with E-state index in [0.717, 1.165) is 0 Å². The van der Waals surface area contributed by atoms with E-state index in [9.17, 15) is 13.6 Å². The van der Waals surface area contributed by atoms with Crippen LogP contribution in [0.3, 0.4) is 0 Å². The summed E-state index contributed by atoms with van der Waals surface area (Å²) in [6, 6.07) is 9.22. The van der Waals surface area contributed by atoms with Gasteiger partial charge in [0.25, 0.3) is 0 Å². The summed E-state index contributed by atoms with van der Waals surface area (Å²) in [6.07, 6.45) is 0. The number of rotatable bonds is 2. The first kappa shape index (κ1) is 12.7. The number of hydrogen-bond donors (Lipinski definition) is 1. The number of nitrogens with zero attached hydrogens (tertiary/aromatic N) is 1. The molecule has 2 N–H and O–H groups in total. The minimum atomic E-state index is -0.792. The van der Waals surface area contributed by atoms with E-state index in [1.807, 2.05) is 0 Å². The molecule has 1 heterocycles. The summed E-state index contributed by atoms with van der Waals surface area (Å²) in [5, 5.41) is 0. The fraction of sp³-hybridized carbons (Fsp3) is 0.133. The minimum absolute atomic E-state index is 0.167. The van der Waals surface area contributed by atoms with Gasteiger partial charge in [0.2, 0.25) is 5.91 Å². The van der Waals surface area contributed by atoms with Crippen LogP contribution in [0.1, 0.15) is 17.2 Å². The molecule has 0 radical (unpaired) electrons. The number of hydrogen-bond acceptors (Lipinski definition) is 2. The van der Waals surface area contributed by atoms with Gasteiger partial charge in [-0.25, -0.2) is 8.78 Å². The Morgan fingerprint density at radius 2 is 1.85 bits per heavy atom. The smallest absolute Gasteiger partial charge is 0.248 e. The lowest BCUT2D eigenvalue weighted by atomic mass is 10.1. The lowest BCUT2D eigenvalue weighted by Gasteiger charge is -2.17. The molecule has 0 fully saturated rings. The van der Waals surface area contributed by atoms with Crippen molar-refractivity contribution in [1.29, 1.82) is 0 Å². The highest BCUT2D eigenvalue weighted by molar-refractivity contribution is 6.04. The van der Waals surface area contributed by atoms with Crippen molar-refractivity contribution in [2.45, 2.75) is 12.6 Å². The molecule has 1 aliphatic heterocycles. The lowest BCUT2D eigenvalue weighted by molar-refractivity contribution is -0.119. The molecule has 2 aromatic carbocycles. The Labute approximate surface area is 114 Å². The number of carbonyl (C=O) groups excluding carboxylic acids is 1. The van der Waals surface area contributed by atoms with E-state index >= 15 is 0 Å². The van der Waals surface area contributed by atoms with Crippen LogP contribution >= 0.6 is 0 Å². The second-order valence-electron chi connectivity index (χ2n) is 4.74. The van der Waals surface area contributed by atoms with Gasteiger partial charge >= 0.3 is 0 Å². The van der Waals surface area contributed by atoms with E-state index in [1.54, 1.807) is 12.1 Å². The summed E-state index contributed by atoms with van der Waals surface area (Å²) in [4.78, 5) is 13.5. The molecule has 1 aliphatic rings. The standard InChI is InChI=1S/C15H12F2N2O/c16-10-3-1-2-9(6-10)8-19-13-7-11(17)4-5-12(13)14(18)15(19)20/h1-7,14H,8,18H2. The summed E-state index contributed by atoms with van der Waals surface area (Å²) in [6.45, 7) is 0.167. The van der Waals surface area contributed by atoms with Crippen LogP contribution < -0.4 is 10.6 Å². The zero-order valence-corrected chi connectivity index (χ0v) is 10.5. The summed E-state index contributed by atoms with van der Waals surface area (Å²) in [5.41, 5.74) is 7.49. The minimum Gasteiger partial charge on any atom is -0.316 e. The fourth-order valence-electron chi connectivity index (χ4n) is 2.41. The molecule has 2 aromatic rings. The molecule has 1 unspecified atom stereocenters. The van der Waals surface area contributed by atoms with Crippen molar-refractivity contribution >= 4 is 11.6 Å². The van der Waals surface area contributed by atoms with E-state index in [2.05, 4.69) is 0 Å². The molecule has 3 rings (SSSR count). The molecule has 0 saturated carbocycles. The molecule has 0 spiro atoms. The van der Waals surface area contributed by atoms with Crippen molar-refractivity contribution < 1.29 is 13.6 Å². The maximum atomic E-state index is 13.4. The molecule has 0 aromatic heterocycles. The summed E-state index contributed by atoms with van der Waals surface area (Å²) < 4.78 is 26.5. The zero-order chi connectivity index (χ0) is 14.3. The molecule has 0 bridgehead atoms. The monoisotopic (exact) mass is 274 g/mol. The van der Waals surface area contributed by atoms with Crippen LogP contribution in [0.4, 0.5) is 14.5 Å². The van der Waals surface area contributed by atoms with Gasteiger partial charge in [-0.3, -0.25) is 4.79 Å². The molecule has 1 amide bonds. The normalized spacial score (nSPS) is 17.4. The number of carbonyl (C=O) groups is 1. The number of amides is 1. The van der Waals surface area contributed by atoms with Gasteiger partial charge in [-0.1, -0.05) is 18.2 Å². The van der Waals surface area contributed by atoms with Crippen LogP contribution in [0.25, 0.3) is 0 Å². The van der Waals surface area contributed by atoms with Crippen LogP contribution in [0.5, 0.6) is 0 Å². The SMILES string of the molecule is NC1C(=O)N(Cc2cccc(F)c2)c2cc(F)ccc21. The van der Waals surface area contributed by atoms with Gasteiger partial charge in [-0.05, 0) is 29.8 Å². The van der Waals surface area contributed by atoms with Gasteiger partial charge in [0.05, 0.1) is 12.2 Å². The molecular formula is C15H12F2N2O. The highest BCUT2D eigenvalue weighted by atomic mass is 19.1. The van der Waals surface area contributed by atoms with Crippen LogP contribution in [0.2, 0.25) is 0 Å². The third kappa shape index (κ3) is 2.06. The maximum absolute atomic E-state index is 13.4. The topological polar surface area (TPSA) is 46.3 Å². The van der Waals surface area contributed by atoms with Crippen LogP contribution in [0, 0.1) is 11.6 Å². The largest absolute Gasteiger partial charge is 0.316 e. The molecule has 3 nitrogen and oxygen atoms in total. The molecule has 102 valence electrons. The van der Waals surface area contributed by atoms with E-state index in [0.29, 0.717) is 16.8 Å². The third-order valence-corrected chi connectivity index (χ3v) is 3.38. The van der Waals surface area contributed by atoms with Gasteiger partial charge in [0.15, 0.2) is 0 Å². The molecule has 0 aliphatic carbocycles. The molecular weight excluding hydrogens is 262 g/mol. The Balaban J connectivity index is 1.98. The van der Waals surface area contributed by atoms with Crippen molar-refractivity contribution in [2.75, 3.05) is 4.90 Å².